The van der Waals surface area contributed by atoms with Crippen LogP contribution in [-0.4, -0.2) is 24.4 Å². The second-order valence-electron chi connectivity index (χ2n) is 6.85. The lowest BCUT2D eigenvalue weighted by atomic mass is 9.72. The van der Waals surface area contributed by atoms with E-state index in [1.807, 2.05) is 0 Å². The highest BCUT2D eigenvalue weighted by molar-refractivity contribution is 5.15. The van der Waals surface area contributed by atoms with Crippen molar-refractivity contribution in [1.82, 2.24) is 0 Å². The van der Waals surface area contributed by atoms with Crippen molar-refractivity contribution < 1.29 is 9.47 Å². The maximum absolute atomic E-state index is 5.84. The number of fused-ring (bicyclic) bond motifs is 6. The molecule has 2 bridgehead atoms. The Labute approximate surface area is 96.7 Å². The standard InChI is InChI=1S/C14H20O2/c1-6-8-5-9(12(6)14-13(8)16-14)7-2-3-10-11(4-7)15-10/h6-14H,2-5H2,1H3. The van der Waals surface area contributed by atoms with E-state index in [1.54, 1.807) is 0 Å². The second kappa shape index (κ2) is 2.67. The van der Waals surface area contributed by atoms with Gasteiger partial charge in [-0.3, -0.25) is 0 Å². The van der Waals surface area contributed by atoms with Crippen molar-refractivity contribution in [2.24, 2.45) is 29.6 Å². The lowest BCUT2D eigenvalue weighted by molar-refractivity contribution is 0.155. The summed E-state index contributed by atoms with van der Waals surface area (Å²) in [6, 6.07) is 0. The molecule has 5 aliphatic rings. The van der Waals surface area contributed by atoms with Gasteiger partial charge in [0.1, 0.15) is 0 Å². The van der Waals surface area contributed by atoms with Gasteiger partial charge in [0.2, 0.25) is 0 Å². The van der Waals surface area contributed by atoms with Gasteiger partial charge in [0.05, 0.1) is 24.4 Å². The zero-order valence-electron chi connectivity index (χ0n) is 9.84. The maximum atomic E-state index is 5.84. The highest BCUT2D eigenvalue weighted by Crippen LogP contribution is 2.64. The molecular formula is C14H20O2. The zero-order valence-corrected chi connectivity index (χ0v) is 9.84. The second-order valence-corrected chi connectivity index (χ2v) is 6.85. The molecule has 0 radical (unpaired) electrons. The lowest BCUT2D eigenvalue weighted by Gasteiger charge is -2.31. The Hall–Kier alpha value is -0.0800. The van der Waals surface area contributed by atoms with Crippen LogP contribution in [0.1, 0.15) is 32.6 Å². The van der Waals surface area contributed by atoms with Crippen LogP contribution >= 0.6 is 0 Å². The van der Waals surface area contributed by atoms with Gasteiger partial charge in [-0.05, 0) is 55.3 Å². The molecule has 3 saturated carbocycles. The fraction of sp³-hybridized carbons (Fsp3) is 1.00. The van der Waals surface area contributed by atoms with Crippen LogP contribution in [0.4, 0.5) is 0 Å². The van der Waals surface area contributed by atoms with Crippen molar-refractivity contribution in [3.63, 3.8) is 0 Å². The summed E-state index contributed by atoms with van der Waals surface area (Å²) in [5.74, 6) is 4.72. The van der Waals surface area contributed by atoms with E-state index in [0.717, 1.165) is 29.6 Å². The van der Waals surface area contributed by atoms with E-state index in [9.17, 15) is 0 Å². The van der Waals surface area contributed by atoms with Crippen molar-refractivity contribution in [2.45, 2.75) is 57.0 Å². The number of rotatable bonds is 1. The molecule has 0 aromatic carbocycles. The molecule has 2 nitrogen and oxygen atoms in total. The first-order valence-corrected chi connectivity index (χ1v) is 7.14. The van der Waals surface area contributed by atoms with E-state index in [1.165, 1.54) is 25.7 Å². The van der Waals surface area contributed by atoms with Crippen LogP contribution in [0.15, 0.2) is 0 Å². The molecule has 0 spiro atoms. The summed E-state index contributed by atoms with van der Waals surface area (Å²) >= 11 is 0. The molecule has 9 atom stereocenters. The van der Waals surface area contributed by atoms with Gasteiger partial charge in [0.25, 0.3) is 0 Å². The average Bonchev–Trinajstić information content (AvgIpc) is 3.19. The Morgan fingerprint density at radius 1 is 0.875 bits per heavy atom. The first kappa shape index (κ1) is 8.93. The molecule has 0 aromatic rings. The van der Waals surface area contributed by atoms with Gasteiger partial charge in [-0.15, -0.1) is 0 Å². The van der Waals surface area contributed by atoms with Gasteiger partial charge in [-0.25, -0.2) is 0 Å². The van der Waals surface area contributed by atoms with Crippen LogP contribution < -0.4 is 0 Å². The van der Waals surface area contributed by atoms with E-state index in [0.29, 0.717) is 24.4 Å². The topological polar surface area (TPSA) is 25.1 Å². The number of hydrogen-bond acceptors (Lipinski definition) is 2. The fourth-order valence-electron chi connectivity index (χ4n) is 5.46. The Kier molecular flexibility index (Phi) is 1.49. The third-order valence-corrected chi connectivity index (χ3v) is 6.33. The SMILES string of the molecule is CC1C2CC(C3CCC4OC4C3)C1C1OC21. The van der Waals surface area contributed by atoms with Gasteiger partial charge < -0.3 is 9.47 Å². The van der Waals surface area contributed by atoms with Gasteiger partial charge in [-0.2, -0.15) is 0 Å². The first-order valence-electron chi connectivity index (χ1n) is 7.14. The molecular weight excluding hydrogens is 200 g/mol. The Bertz CT molecular complexity index is 342. The molecule has 16 heavy (non-hydrogen) atoms. The largest absolute Gasteiger partial charge is 0.370 e. The Balaban J connectivity index is 1.39. The van der Waals surface area contributed by atoms with Crippen molar-refractivity contribution >= 4 is 0 Å². The van der Waals surface area contributed by atoms with Crippen LogP contribution in [0.5, 0.6) is 0 Å². The number of hydrogen-bond donors (Lipinski definition) is 0. The van der Waals surface area contributed by atoms with Gasteiger partial charge in [0.15, 0.2) is 0 Å². The van der Waals surface area contributed by atoms with Crippen LogP contribution in [0.25, 0.3) is 0 Å². The minimum Gasteiger partial charge on any atom is -0.370 e. The van der Waals surface area contributed by atoms with Gasteiger partial charge in [0, 0.05) is 0 Å². The average molecular weight is 220 g/mol. The van der Waals surface area contributed by atoms with E-state index in [-0.39, 0.29) is 0 Å². The van der Waals surface area contributed by atoms with Crippen molar-refractivity contribution in [3.8, 4) is 0 Å². The molecule has 2 heterocycles. The Morgan fingerprint density at radius 2 is 1.81 bits per heavy atom. The van der Waals surface area contributed by atoms with Crippen LogP contribution in [0.2, 0.25) is 0 Å². The molecule has 0 aromatic heterocycles. The Morgan fingerprint density at radius 3 is 2.56 bits per heavy atom. The fourth-order valence-corrected chi connectivity index (χ4v) is 5.46. The molecule has 3 aliphatic carbocycles. The number of epoxide rings is 2. The normalized spacial score (nSPS) is 69.9. The van der Waals surface area contributed by atoms with Crippen LogP contribution in [0, 0.1) is 29.6 Å². The van der Waals surface area contributed by atoms with Crippen molar-refractivity contribution in [1.29, 1.82) is 0 Å². The van der Waals surface area contributed by atoms with E-state index >= 15 is 0 Å². The van der Waals surface area contributed by atoms with E-state index in [2.05, 4.69) is 6.92 Å². The molecule has 5 rings (SSSR count). The summed E-state index contributed by atoms with van der Waals surface area (Å²) in [4.78, 5) is 0. The molecule has 0 amide bonds. The first-order chi connectivity index (χ1) is 7.83. The van der Waals surface area contributed by atoms with Gasteiger partial charge >= 0.3 is 0 Å². The quantitative estimate of drug-likeness (QED) is 0.633. The predicted octanol–water partition coefficient (Wildman–Crippen LogP) is 2.22. The number of ether oxygens (including phenoxy) is 2. The molecule has 0 N–H and O–H groups in total. The minimum atomic E-state index is 0.657. The molecule has 9 unspecified atom stereocenters. The molecule has 2 saturated heterocycles. The monoisotopic (exact) mass is 220 g/mol. The van der Waals surface area contributed by atoms with Crippen molar-refractivity contribution in [3.05, 3.63) is 0 Å². The summed E-state index contributed by atoms with van der Waals surface area (Å²) < 4.78 is 11.5. The highest BCUT2D eigenvalue weighted by Gasteiger charge is 2.68. The molecule has 88 valence electrons. The van der Waals surface area contributed by atoms with E-state index < -0.39 is 0 Å². The summed E-state index contributed by atoms with van der Waals surface area (Å²) in [5, 5.41) is 0. The third kappa shape index (κ3) is 0.971. The highest BCUT2D eigenvalue weighted by atomic mass is 16.6. The maximum Gasteiger partial charge on any atom is 0.0878 e. The summed E-state index contributed by atoms with van der Waals surface area (Å²) in [5.41, 5.74) is 0. The third-order valence-electron chi connectivity index (χ3n) is 6.33. The van der Waals surface area contributed by atoms with Crippen molar-refractivity contribution in [2.75, 3.05) is 0 Å². The lowest BCUT2D eigenvalue weighted by Crippen LogP contribution is -2.29. The van der Waals surface area contributed by atoms with Crippen LogP contribution in [0.3, 0.4) is 0 Å². The van der Waals surface area contributed by atoms with Crippen LogP contribution in [-0.2, 0) is 9.47 Å². The summed E-state index contributed by atoms with van der Waals surface area (Å²) in [6.07, 6.45) is 8.28. The van der Waals surface area contributed by atoms with Gasteiger partial charge in [-0.1, -0.05) is 6.92 Å². The molecule has 2 heteroatoms. The smallest absolute Gasteiger partial charge is 0.0878 e. The minimum absolute atomic E-state index is 0.657. The molecule has 5 fully saturated rings. The summed E-state index contributed by atoms with van der Waals surface area (Å²) in [7, 11) is 0. The zero-order chi connectivity index (χ0) is 10.4. The molecule has 2 aliphatic heterocycles. The predicted molar refractivity (Wildman–Crippen MR) is 58.9 cm³/mol. The van der Waals surface area contributed by atoms with E-state index in [4.69, 9.17) is 9.47 Å². The summed E-state index contributed by atoms with van der Waals surface area (Å²) in [6.45, 7) is 2.48.